The lowest BCUT2D eigenvalue weighted by Crippen LogP contribution is -2.19. The van der Waals surface area contributed by atoms with Gasteiger partial charge in [0.25, 0.3) is 0 Å². The third-order valence-corrected chi connectivity index (χ3v) is 5.84. The maximum absolute atomic E-state index is 11.8. The van der Waals surface area contributed by atoms with Crippen LogP contribution in [0.2, 0.25) is 0 Å². The Morgan fingerprint density at radius 2 is 2.00 bits per heavy atom. The number of rotatable bonds is 12. The fourth-order valence-corrected chi connectivity index (χ4v) is 3.92. The van der Waals surface area contributed by atoms with Crippen molar-refractivity contribution >= 4 is 28.2 Å². The van der Waals surface area contributed by atoms with Crippen LogP contribution >= 0.6 is 0 Å². The van der Waals surface area contributed by atoms with E-state index in [2.05, 4.69) is 28.6 Å². The molecule has 2 aromatic carbocycles. The Morgan fingerprint density at radius 1 is 1.18 bits per heavy atom. The first kappa shape index (κ1) is 22.9. The van der Waals surface area contributed by atoms with Gasteiger partial charge in [-0.25, -0.2) is 0 Å². The molecule has 7 heteroatoms. The number of para-hydroxylation sites is 1. The average molecular weight is 449 g/mol. The number of nitrogens with one attached hydrogen (secondary N) is 2. The number of benzene rings is 2. The molecular formula is C26H32N4O3. The van der Waals surface area contributed by atoms with Crippen LogP contribution in [0.15, 0.2) is 42.6 Å². The summed E-state index contributed by atoms with van der Waals surface area (Å²) in [5, 5.41) is 7.90. The number of fused-ring (bicyclic) bond motifs is 1. The lowest BCUT2D eigenvalue weighted by molar-refractivity contribution is -0.117. The van der Waals surface area contributed by atoms with Gasteiger partial charge < -0.3 is 25.8 Å². The molecular weight excluding hydrogens is 416 g/mol. The molecule has 33 heavy (non-hydrogen) atoms. The summed E-state index contributed by atoms with van der Waals surface area (Å²) in [6, 6.07) is 12.6. The summed E-state index contributed by atoms with van der Waals surface area (Å²) >= 11 is 0. The number of nitrogens with two attached hydrogens (primary N) is 1. The SMILES string of the molecule is CCc1ccccc1Nc1c(CC(N)=O)cnc2cc(OC)c(OCCCNC3CC3)cc12. The van der Waals surface area contributed by atoms with Gasteiger partial charge in [-0.2, -0.15) is 0 Å². The molecule has 4 rings (SSSR count). The Hall–Kier alpha value is -3.32. The van der Waals surface area contributed by atoms with Gasteiger partial charge in [0, 0.05) is 34.9 Å². The van der Waals surface area contributed by atoms with E-state index in [0.29, 0.717) is 24.1 Å². The first-order valence-corrected chi connectivity index (χ1v) is 11.6. The van der Waals surface area contributed by atoms with Crippen LogP contribution in [0.25, 0.3) is 10.9 Å². The van der Waals surface area contributed by atoms with Crippen molar-refractivity contribution in [2.75, 3.05) is 25.6 Å². The van der Waals surface area contributed by atoms with Crippen molar-refractivity contribution in [1.29, 1.82) is 0 Å². The Balaban J connectivity index is 1.68. The van der Waals surface area contributed by atoms with Gasteiger partial charge in [-0.15, -0.1) is 0 Å². The summed E-state index contributed by atoms with van der Waals surface area (Å²) < 4.78 is 11.7. The second-order valence-corrected chi connectivity index (χ2v) is 8.39. The average Bonchev–Trinajstić information content (AvgIpc) is 3.64. The summed E-state index contributed by atoms with van der Waals surface area (Å²) in [6.07, 6.45) is 6.14. The van der Waals surface area contributed by atoms with Crippen molar-refractivity contribution in [2.24, 2.45) is 5.73 Å². The van der Waals surface area contributed by atoms with Crippen LogP contribution < -0.4 is 25.8 Å². The molecule has 0 radical (unpaired) electrons. The number of primary amides is 1. The Morgan fingerprint density at radius 3 is 2.73 bits per heavy atom. The van der Waals surface area contributed by atoms with Gasteiger partial charge in [-0.05, 0) is 49.9 Å². The standard InChI is InChI=1S/C26H32N4O3/c1-3-17-7-4-5-8-21(17)30-26-18(13-25(27)31)16-29-22-15-23(32-2)24(14-20(22)26)33-12-6-11-28-19-9-10-19/h4-5,7-8,14-16,19,28H,3,6,9-13H2,1-2H3,(H2,27,31)(H,29,30). The maximum Gasteiger partial charge on any atom is 0.221 e. The van der Waals surface area contributed by atoms with Crippen molar-refractivity contribution in [3.63, 3.8) is 0 Å². The minimum absolute atomic E-state index is 0.0919. The quantitative estimate of drug-likeness (QED) is 0.361. The summed E-state index contributed by atoms with van der Waals surface area (Å²) in [7, 11) is 1.63. The normalized spacial score (nSPS) is 13.2. The smallest absolute Gasteiger partial charge is 0.221 e. The number of ether oxygens (including phenoxy) is 2. The van der Waals surface area contributed by atoms with Gasteiger partial charge in [0.1, 0.15) is 0 Å². The molecule has 0 bridgehead atoms. The number of carbonyl (C=O) groups is 1. The van der Waals surface area contributed by atoms with Gasteiger partial charge in [0.05, 0.1) is 31.3 Å². The maximum atomic E-state index is 11.8. The molecule has 1 fully saturated rings. The van der Waals surface area contributed by atoms with Crippen LogP contribution in [0.4, 0.5) is 11.4 Å². The van der Waals surface area contributed by atoms with Gasteiger partial charge in [0.15, 0.2) is 11.5 Å². The van der Waals surface area contributed by atoms with E-state index in [1.807, 2.05) is 30.3 Å². The molecule has 0 unspecified atom stereocenters. The van der Waals surface area contributed by atoms with Crippen LogP contribution in [0.3, 0.4) is 0 Å². The zero-order valence-electron chi connectivity index (χ0n) is 19.3. The minimum atomic E-state index is -0.406. The van der Waals surface area contributed by atoms with Gasteiger partial charge in [0.2, 0.25) is 5.91 Å². The van der Waals surface area contributed by atoms with E-state index in [4.69, 9.17) is 15.2 Å². The van der Waals surface area contributed by atoms with E-state index in [9.17, 15) is 4.79 Å². The molecule has 1 saturated carbocycles. The molecule has 1 aromatic heterocycles. The third-order valence-electron chi connectivity index (χ3n) is 5.84. The largest absolute Gasteiger partial charge is 0.493 e. The van der Waals surface area contributed by atoms with E-state index in [1.54, 1.807) is 13.3 Å². The van der Waals surface area contributed by atoms with Crippen LogP contribution in [0.5, 0.6) is 11.5 Å². The molecule has 1 amide bonds. The number of methoxy groups -OCH3 is 1. The highest BCUT2D eigenvalue weighted by Crippen LogP contribution is 2.38. The zero-order chi connectivity index (χ0) is 23.2. The molecule has 0 spiro atoms. The molecule has 4 N–H and O–H groups in total. The molecule has 1 aliphatic carbocycles. The van der Waals surface area contributed by atoms with Crippen LogP contribution in [0.1, 0.15) is 37.3 Å². The number of pyridine rings is 1. The van der Waals surface area contributed by atoms with Crippen molar-refractivity contribution in [3.05, 3.63) is 53.7 Å². The topological polar surface area (TPSA) is 98.5 Å². The lowest BCUT2D eigenvalue weighted by atomic mass is 10.0. The number of hydrogen-bond acceptors (Lipinski definition) is 6. The fraction of sp³-hybridized carbons (Fsp3) is 0.385. The lowest BCUT2D eigenvalue weighted by Gasteiger charge is -2.18. The number of hydrogen-bond donors (Lipinski definition) is 3. The molecule has 1 heterocycles. The first-order valence-electron chi connectivity index (χ1n) is 11.6. The number of amides is 1. The number of aryl methyl sites for hydroxylation is 1. The Kier molecular flexibility index (Phi) is 7.29. The van der Waals surface area contributed by atoms with E-state index in [0.717, 1.165) is 47.2 Å². The highest BCUT2D eigenvalue weighted by atomic mass is 16.5. The van der Waals surface area contributed by atoms with E-state index in [1.165, 1.54) is 18.4 Å². The van der Waals surface area contributed by atoms with Crippen LogP contribution in [-0.2, 0) is 17.6 Å². The second kappa shape index (κ2) is 10.5. The number of carbonyl (C=O) groups excluding carboxylic acids is 1. The second-order valence-electron chi connectivity index (χ2n) is 8.39. The zero-order valence-corrected chi connectivity index (χ0v) is 19.3. The number of nitrogens with zero attached hydrogens (tertiary/aromatic N) is 1. The van der Waals surface area contributed by atoms with E-state index < -0.39 is 5.91 Å². The summed E-state index contributed by atoms with van der Waals surface area (Å²) in [5.41, 5.74) is 10.0. The van der Waals surface area contributed by atoms with Gasteiger partial charge >= 0.3 is 0 Å². The number of aromatic nitrogens is 1. The Bertz CT molecular complexity index is 1130. The minimum Gasteiger partial charge on any atom is -0.493 e. The molecule has 0 aliphatic heterocycles. The molecule has 0 atom stereocenters. The predicted octanol–water partition coefficient (Wildman–Crippen LogP) is 4.10. The van der Waals surface area contributed by atoms with Crippen molar-refractivity contribution in [2.45, 2.75) is 45.1 Å². The van der Waals surface area contributed by atoms with E-state index in [-0.39, 0.29) is 6.42 Å². The van der Waals surface area contributed by atoms with Gasteiger partial charge in [-0.3, -0.25) is 9.78 Å². The van der Waals surface area contributed by atoms with Crippen molar-refractivity contribution in [3.8, 4) is 11.5 Å². The first-order chi connectivity index (χ1) is 16.1. The fourth-order valence-electron chi connectivity index (χ4n) is 3.92. The van der Waals surface area contributed by atoms with Crippen molar-refractivity contribution < 1.29 is 14.3 Å². The Labute approximate surface area is 194 Å². The number of anilines is 2. The third kappa shape index (κ3) is 5.73. The highest BCUT2D eigenvalue weighted by Gasteiger charge is 2.20. The molecule has 1 aliphatic rings. The van der Waals surface area contributed by atoms with E-state index >= 15 is 0 Å². The summed E-state index contributed by atoms with van der Waals surface area (Å²) in [6.45, 7) is 3.63. The molecule has 3 aromatic rings. The highest BCUT2D eigenvalue weighted by molar-refractivity contribution is 5.98. The predicted molar refractivity (Wildman–Crippen MR) is 131 cm³/mol. The summed E-state index contributed by atoms with van der Waals surface area (Å²) in [4.78, 5) is 16.3. The monoisotopic (exact) mass is 448 g/mol. The molecule has 7 nitrogen and oxygen atoms in total. The molecule has 174 valence electrons. The molecule has 0 saturated heterocycles. The van der Waals surface area contributed by atoms with Crippen LogP contribution in [-0.4, -0.2) is 37.2 Å². The van der Waals surface area contributed by atoms with Crippen LogP contribution in [0, 0.1) is 0 Å². The van der Waals surface area contributed by atoms with Crippen molar-refractivity contribution in [1.82, 2.24) is 10.3 Å². The van der Waals surface area contributed by atoms with Gasteiger partial charge in [-0.1, -0.05) is 25.1 Å². The summed E-state index contributed by atoms with van der Waals surface area (Å²) in [5.74, 6) is 0.880.